The molecule has 0 N–H and O–H groups in total. The van der Waals surface area contributed by atoms with Crippen LogP contribution in [0.25, 0.3) is 0 Å². The molecule has 5 heteroatoms. The Bertz CT molecular complexity index is 543. The molecule has 0 unspecified atom stereocenters. The van der Waals surface area contributed by atoms with Crippen molar-refractivity contribution in [3.63, 3.8) is 0 Å². The van der Waals surface area contributed by atoms with Crippen LogP contribution < -0.4 is 0 Å². The maximum atomic E-state index is 12.6. The van der Waals surface area contributed by atoms with Crippen molar-refractivity contribution >= 4 is 11.8 Å². The summed E-state index contributed by atoms with van der Waals surface area (Å²) in [5.74, 6) is -0.175. The lowest BCUT2D eigenvalue weighted by Crippen LogP contribution is -2.68. The summed E-state index contributed by atoms with van der Waals surface area (Å²) in [7, 11) is 2.06. The fourth-order valence-corrected chi connectivity index (χ4v) is 5.35. The number of likely N-dealkylation sites (tertiary alicyclic amines) is 1. The van der Waals surface area contributed by atoms with Crippen molar-refractivity contribution in [2.45, 2.75) is 57.6 Å². The zero-order chi connectivity index (χ0) is 16.9. The number of amides is 2. The van der Waals surface area contributed by atoms with Gasteiger partial charge in [-0.3, -0.25) is 19.4 Å². The number of imide groups is 1. The predicted molar refractivity (Wildman–Crippen MR) is 89.9 cm³/mol. The Balaban J connectivity index is 1.43. The van der Waals surface area contributed by atoms with Crippen molar-refractivity contribution in [2.75, 3.05) is 20.3 Å². The molecule has 0 aromatic carbocycles. The standard InChI is InChI=1S/C19H28N2O3/c1-3-24-16-11-15(19(16)9-6-10-19)20(2)12-21-17(22)13-7-4-5-8-14(13)18(21)23/h4-5,13-16H,3,6-12H2,1-2H3/t13-,14-,15+,16-/m1/s1. The van der Waals surface area contributed by atoms with Gasteiger partial charge in [0.1, 0.15) is 0 Å². The van der Waals surface area contributed by atoms with E-state index < -0.39 is 0 Å². The third-order valence-corrected chi connectivity index (χ3v) is 6.89. The van der Waals surface area contributed by atoms with Gasteiger partial charge in [-0.2, -0.15) is 0 Å². The van der Waals surface area contributed by atoms with Gasteiger partial charge < -0.3 is 4.74 Å². The molecule has 132 valence electrons. The van der Waals surface area contributed by atoms with Crippen molar-refractivity contribution in [3.05, 3.63) is 12.2 Å². The normalized spacial score (nSPS) is 36.9. The number of rotatable bonds is 5. The third kappa shape index (κ3) is 2.21. The van der Waals surface area contributed by atoms with E-state index in [1.165, 1.54) is 24.2 Å². The lowest BCUT2D eigenvalue weighted by molar-refractivity contribution is -0.204. The number of hydrogen-bond acceptors (Lipinski definition) is 4. The monoisotopic (exact) mass is 332 g/mol. The second kappa shape index (κ2) is 5.95. The molecule has 4 atom stereocenters. The molecular formula is C19H28N2O3. The number of fused-ring (bicyclic) bond motifs is 1. The van der Waals surface area contributed by atoms with E-state index in [4.69, 9.17) is 4.74 Å². The largest absolute Gasteiger partial charge is 0.378 e. The van der Waals surface area contributed by atoms with Crippen molar-refractivity contribution in [3.8, 4) is 0 Å². The van der Waals surface area contributed by atoms with Crippen LogP contribution in [0.1, 0.15) is 45.4 Å². The summed E-state index contributed by atoms with van der Waals surface area (Å²) in [6.07, 6.45) is 10.6. The maximum absolute atomic E-state index is 12.6. The van der Waals surface area contributed by atoms with Crippen LogP contribution in [0.2, 0.25) is 0 Å². The molecule has 24 heavy (non-hydrogen) atoms. The first-order valence-electron chi connectivity index (χ1n) is 9.40. The highest BCUT2D eigenvalue weighted by molar-refractivity contribution is 6.05. The molecule has 0 radical (unpaired) electrons. The van der Waals surface area contributed by atoms with Crippen LogP contribution in [-0.2, 0) is 14.3 Å². The Morgan fingerprint density at radius 3 is 2.33 bits per heavy atom. The molecule has 4 aliphatic rings. The Hall–Kier alpha value is -1.20. The molecule has 0 aromatic heterocycles. The zero-order valence-corrected chi connectivity index (χ0v) is 14.7. The molecule has 1 aliphatic heterocycles. The van der Waals surface area contributed by atoms with E-state index in [2.05, 4.69) is 18.9 Å². The lowest BCUT2D eigenvalue weighted by atomic mass is 9.50. The zero-order valence-electron chi connectivity index (χ0n) is 14.7. The second-order valence-electron chi connectivity index (χ2n) is 7.94. The minimum atomic E-state index is -0.119. The van der Waals surface area contributed by atoms with Gasteiger partial charge in [-0.25, -0.2) is 0 Å². The van der Waals surface area contributed by atoms with Gasteiger partial charge in [-0.15, -0.1) is 0 Å². The highest BCUT2D eigenvalue weighted by atomic mass is 16.5. The molecule has 4 rings (SSSR count). The van der Waals surface area contributed by atoms with Crippen LogP contribution in [0.3, 0.4) is 0 Å². The first-order valence-corrected chi connectivity index (χ1v) is 9.40. The van der Waals surface area contributed by atoms with Crippen molar-refractivity contribution in [1.82, 2.24) is 9.80 Å². The number of hydrogen-bond donors (Lipinski definition) is 0. The molecule has 1 heterocycles. The molecule has 0 aromatic rings. The number of carbonyl (C=O) groups excluding carboxylic acids is 2. The van der Waals surface area contributed by atoms with Crippen LogP contribution >= 0.6 is 0 Å². The summed E-state index contributed by atoms with van der Waals surface area (Å²) in [6.45, 7) is 3.26. The highest BCUT2D eigenvalue weighted by Gasteiger charge is 2.60. The van der Waals surface area contributed by atoms with E-state index in [1.807, 2.05) is 12.2 Å². The van der Waals surface area contributed by atoms with Gasteiger partial charge in [0, 0.05) is 18.1 Å². The quantitative estimate of drug-likeness (QED) is 0.572. The summed E-state index contributed by atoms with van der Waals surface area (Å²) in [4.78, 5) is 29.0. The third-order valence-electron chi connectivity index (χ3n) is 6.89. The minimum Gasteiger partial charge on any atom is -0.378 e. The first kappa shape index (κ1) is 16.3. The fourth-order valence-electron chi connectivity index (χ4n) is 5.35. The van der Waals surface area contributed by atoms with Gasteiger partial charge in [0.05, 0.1) is 24.6 Å². The smallest absolute Gasteiger partial charge is 0.234 e. The SMILES string of the molecule is CCO[C@@H]1C[C@H](N(C)CN2C(=O)[C@@H]3CC=CC[C@H]3C2=O)C12CCC2. The van der Waals surface area contributed by atoms with Crippen LogP contribution in [-0.4, -0.2) is 54.1 Å². The number of allylic oxidation sites excluding steroid dienone is 2. The lowest BCUT2D eigenvalue weighted by Gasteiger charge is -2.63. The highest BCUT2D eigenvalue weighted by Crippen LogP contribution is 2.59. The number of carbonyl (C=O) groups is 2. The van der Waals surface area contributed by atoms with E-state index in [1.54, 1.807) is 0 Å². The summed E-state index contributed by atoms with van der Waals surface area (Å²) in [5.41, 5.74) is 0.269. The Kier molecular flexibility index (Phi) is 4.04. The topological polar surface area (TPSA) is 49.9 Å². The van der Waals surface area contributed by atoms with Crippen LogP contribution in [0.5, 0.6) is 0 Å². The summed E-state index contributed by atoms with van der Waals surface area (Å²) < 4.78 is 5.92. The molecule has 1 saturated heterocycles. The van der Waals surface area contributed by atoms with Gasteiger partial charge in [-0.05, 0) is 46.1 Å². The average molecular weight is 332 g/mol. The Morgan fingerprint density at radius 1 is 1.21 bits per heavy atom. The van der Waals surface area contributed by atoms with Crippen LogP contribution in [0, 0.1) is 17.3 Å². The maximum Gasteiger partial charge on any atom is 0.234 e. The van der Waals surface area contributed by atoms with Gasteiger partial charge in [0.25, 0.3) is 0 Å². The van der Waals surface area contributed by atoms with E-state index in [0.29, 0.717) is 18.8 Å². The molecule has 5 nitrogen and oxygen atoms in total. The van der Waals surface area contributed by atoms with Crippen molar-refractivity contribution < 1.29 is 14.3 Å². The van der Waals surface area contributed by atoms with Crippen molar-refractivity contribution in [1.29, 1.82) is 0 Å². The van der Waals surface area contributed by atoms with Crippen LogP contribution in [0.15, 0.2) is 12.2 Å². The van der Waals surface area contributed by atoms with E-state index in [-0.39, 0.29) is 29.1 Å². The van der Waals surface area contributed by atoms with E-state index in [9.17, 15) is 9.59 Å². The van der Waals surface area contributed by atoms with Crippen molar-refractivity contribution in [2.24, 2.45) is 17.3 Å². The Morgan fingerprint density at radius 2 is 1.83 bits per heavy atom. The molecule has 3 aliphatic carbocycles. The fraction of sp³-hybridized carbons (Fsp3) is 0.789. The molecule has 3 fully saturated rings. The average Bonchev–Trinajstić information content (AvgIpc) is 2.75. The molecule has 2 saturated carbocycles. The van der Waals surface area contributed by atoms with Gasteiger partial charge in [0.2, 0.25) is 11.8 Å². The molecule has 1 spiro atoms. The minimum absolute atomic E-state index is 0.0320. The summed E-state index contributed by atoms with van der Waals surface area (Å²) in [5, 5.41) is 0. The van der Waals surface area contributed by atoms with Gasteiger partial charge in [-0.1, -0.05) is 18.6 Å². The van der Waals surface area contributed by atoms with Gasteiger partial charge >= 0.3 is 0 Å². The Labute approximate surface area is 144 Å². The summed E-state index contributed by atoms with van der Waals surface area (Å²) in [6, 6.07) is 0.434. The number of nitrogens with zero attached hydrogens (tertiary/aromatic N) is 2. The molecule has 2 amide bonds. The van der Waals surface area contributed by atoms with E-state index in [0.717, 1.165) is 25.9 Å². The van der Waals surface area contributed by atoms with Gasteiger partial charge in [0.15, 0.2) is 0 Å². The van der Waals surface area contributed by atoms with Crippen LogP contribution in [0.4, 0.5) is 0 Å². The second-order valence-corrected chi connectivity index (χ2v) is 7.94. The first-order chi connectivity index (χ1) is 11.6. The van der Waals surface area contributed by atoms with E-state index >= 15 is 0 Å². The summed E-state index contributed by atoms with van der Waals surface area (Å²) >= 11 is 0. The molecular weight excluding hydrogens is 304 g/mol. The number of ether oxygens (including phenoxy) is 1. The predicted octanol–water partition coefficient (Wildman–Crippen LogP) is 2.17. The molecule has 0 bridgehead atoms.